The van der Waals surface area contributed by atoms with E-state index >= 15 is 0 Å². The molecule has 43 heavy (non-hydrogen) atoms. The number of hydrogen-bond donors (Lipinski definition) is 0. The number of anilines is 3. The van der Waals surface area contributed by atoms with Gasteiger partial charge in [-0.05, 0) is 67.9 Å². The van der Waals surface area contributed by atoms with E-state index in [0.717, 1.165) is 17.1 Å². The molecule has 0 saturated carbocycles. The fourth-order valence-corrected chi connectivity index (χ4v) is 6.43. The lowest BCUT2D eigenvalue weighted by Crippen LogP contribution is -2.12. The molecule has 0 N–H and O–H groups in total. The van der Waals surface area contributed by atoms with Gasteiger partial charge in [-0.1, -0.05) is 152 Å². The summed E-state index contributed by atoms with van der Waals surface area (Å²) in [6.45, 7) is 0. The maximum absolute atomic E-state index is 2.43. The van der Waals surface area contributed by atoms with Crippen LogP contribution in [-0.2, 0) is 0 Å². The first-order valence-electron chi connectivity index (χ1n) is 14.8. The van der Waals surface area contributed by atoms with Crippen molar-refractivity contribution in [2.75, 3.05) is 4.90 Å². The number of benzene rings is 8. The molecule has 8 aromatic rings. The van der Waals surface area contributed by atoms with Crippen molar-refractivity contribution in [3.8, 4) is 22.3 Å². The van der Waals surface area contributed by atoms with Crippen molar-refractivity contribution < 1.29 is 0 Å². The third-order valence-corrected chi connectivity index (χ3v) is 8.44. The standard InChI is InChI=1S/C42H29N/c1-3-13-30(14-4-1)33-18-11-19-34(29-33)43(41-23-10-9-21-36(41)31-15-5-2-6-16-31)42-24-12-22-37-39-26-25-32-17-7-8-20-35(32)38(39)27-28-40(37)42/h1-29H. The Kier molecular flexibility index (Phi) is 6.20. The smallest absolute Gasteiger partial charge is 0.0540 e. The Bertz CT molecular complexity index is 2230. The Balaban J connectivity index is 1.41. The van der Waals surface area contributed by atoms with E-state index in [1.54, 1.807) is 0 Å². The maximum atomic E-state index is 2.43. The van der Waals surface area contributed by atoms with E-state index < -0.39 is 0 Å². The van der Waals surface area contributed by atoms with Crippen molar-refractivity contribution in [3.05, 3.63) is 176 Å². The molecule has 0 unspecified atom stereocenters. The highest BCUT2D eigenvalue weighted by Crippen LogP contribution is 2.45. The minimum atomic E-state index is 1.12. The highest BCUT2D eigenvalue weighted by molar-refractivity contribution is 6.19. The van der Waals surface area contributed by atoms with E-state index in [2.05, 4.69) is 181 Å². The maximum Gasteiger partial charge on any atom is 0.0540 e. The van der Waals surface area contributed by atoms with Crippen LogP contribution in [0.15, 0.2) is 176 Å². The summed E-state index contributed by atoms with van der Waals surface area (Å²) in [5.41, 5.74) is 8.20. The lowest BCUT2D eigenvalue weighted by molar-refractivity contribution is 1.30. The molecule has 8 rings (SSSR count). The number of rotatable bonds is 5. The summed E-state index contributed by atoms with van der Waals surface area (Å²) in [6, 6.07) is 63.5. The highest BCUT2D eigenvalue weighted by atomic mass is 15.1. The molecule has 1 nitrogen and oxygen atoms in total. The van der Waals surface area contributed by atoms with Crippen LogP contribution in [0.5, 0.6) is 0 Å². The van der Waals surface area contributed by atoms with Crippen LogP contribution in [0.25, 0.3) is 54.6 Å². The summed E-state index contributed by atoms with van der Waals surface area (Å²) < 4.78 is 0. The van der Waals surface area contributed by atoms with Gasteiger partial charge in [-0.25, -0.2) is 0 Å². The van der Waals surface area contributed by atoms with Gasteiger partial charge < -0.3 is 4.90 Å². The van der Waals surface area contributed by atoms with E-state index in [9.17, 15) is 0 Å². The van der Waals surface area contributed by atoms with Gasteiger partial charge in [0.1, 0.15) is 0 Å². The zero-order valence-corrected chi connectivity index (χ0v) is 23.7. The molecule has 202 valence electrons. The second-order valence-corrected chi connectivity index (χ2v) is 11.0. The monoisotopic (exact) mass is 547 g/mol. The number of para-hydroxylation sites is 1. The first kappa shape index (κ1) is 25.1. The van der Waals surface area contributed by atoms with Gasteiger partial charge in [0.25, 0.3) is 0 Å². The van der Waals surface area contributed by atoms with E-state index in [1.807, 2.05) is 0 Å². The Morgan fingerprint density at radius 3 is 1.72 bits per heavy atom. The summed E-state index contributed by atoms with van der Waals surface area (Å²) in [5.74, 6) is 0. The summed E-state index contributed by atoms with van der Waals surface area (Å²) >= 11 is 0. The first-order chi connectivity index (χ1) is 21.3. The topological polar surface area (TPSA) is 3.24 Å². The second-order valence-electron chi connectivity index (χ2n) is 11.0. The van der Waals surface area contributed by atoms with E-state index in [1.165, 1.54) is 54.6 Å². The lowest BCUT2D eigenvalue weighted by Gasteiger charge is -2.29. The first-order valence-corrected chi connectivity index (χ1v) is 14.8. The number of hydrogen-bond acceptors (Lipinski definition) is 1. The van der Waals surface area contributed by atoms with Crippen LogP contribution in [0.3, 0.4) is 0 Å². The third kappa shape index (κ3) is 4.43. The SMILES string of the molecule is c1ccc(-c2cccc(N(c3ccccc3-c3ccccc3)c3cccc4c3ccc3c5ccccc5ccc43)c2)cc1. The van der Waals surface area contributed by atoms with Gasteiger partial charge in [-0.3, -0.25) is 0 Å². The quantitative estimate of drug-likeness (QED) is 0.194. The van der Waals surface area contributed by atoms with Crippen LogP contribution in [0, 0.1) is 0 Å². The van der Waals surface area contributed by atoms with Gasteiger partial charge in [0.05, 0.1) is 11.4 Å². The van der Waals surface area contributed by atoms with Crippen molar-refractivity contribution in [3.63, 3.8) is 0 Å². The largest absolute Gasteiger partial charge is 0.309 e. The predicted octanol–water partition coefficient (Wildman–Crippen LogP) is 11.9. The zero-order valence-electron chi connectivity index (χ0n) is 23.7. The molecule has 0 aliphatic carbocycles. The zero-order chi connectivity index (χ0) is 28.6. The fraction of sp³-hybridized carbons (Fsp3) is 0. The van der Waals surface area contributed by atoms with Gasteiger partial charge in [-0.15, -0.1) is 0 Å². The Morgan fingerprint density at radius 2 is 0.860 bits per heavy atom. The Hall–Kier alpha value is -5.66. The molecule has 0 saturated heterocycles. The van der Waals surface area contributed by atoms with E-state index in [-0.39, 0.29) is 0 Å². The minimum absolute atomic E-state index is 1.12. The molecular formula is C42H29N. The minimum Gasteiger partial charge on any atom is -0.309 e. The van der Waals surface area contributed by atoms with Gasteiger partial charge in [0.15, 0.2) is 0 Å². The lowest BCUT2D eigenvalue weighted by atomic mass is 9.95. The highest BCUT2D eigenvalue weighted by Gasteiger charge is 2.20. The molecule has 8 aromatic carbocycles. The molecule has 0 aliphatic heterocycles. The molecular weight excluding hydrogens is 518 g/mol. The normalized spacial score (nSPS) is 11.3. The predicted molar refractivity (Wildman–Crippen MR) is 185 cm³/mol. The van der Waals surface area contributed by atoms with Crippen LogP contribution in [-0.4, -0.2) is 0 Å². The van der Waals surface area contributed by atoms with Crippen molar-refractivity contribution in [2.24, 2.45) is 0 Å². The van der Waals surface area contributed by atoms with Crippen molar-refractivity contribution in [2.45, 2.75) is 0 Å². The number of fused-ring (bicyclic) bond motifs is 5. The van der Waals surface area contributed by atoms with Gasteiger partial charge in [-0.2, -0.15) is 0 Å². The molecule has 0 heterocycles. The molecule has 0 radical (unpaired) electrons. The van der Waals surface area contributed by atoms with Crippen molar-refractivity contribution in [1.82, 2.24) is 0 Å². The van der Waals surface area contributed by atoms with Crippen LogP contribution in [0.4, 0.5) is 17.1 Å². The van der Waals surface area contributed by atoms with Crippen molar-refractivity contribution >= 4 is 49.4 Å². The fourth-order valence-electron chi connectivity index (χ4n) is 6.43. The molecule has 0 fully saturated rings. The third-order valence-electron chi connectivity index (χ3n) is 8.44. The van der Waals surface area contributed by atoms with Gasteiger partial charge >= 0.3 is 0 Å². The van der Waals surface area contributed by atoms with Gasteiger partial charge in [0.2, 0.25) is 0 Å². The van der Waals surface area contributed by atoms with Gasteiger partial charge in [0, 0.05) is 16.6 Å². The average molecular weight is 548 g/mol. The molecule has 0 aromatic heterocycles. The second kappa shape index (κ2) is 10.6. The van der Waals surface area contributed by atoms with Crippen LogP contribution in [0.2, 0.25) is 0 Å². The summed E-state index contributed by atoms with van der Waals surface area (Å²) in [4.78, 5) is 2.43. The van der Waals surface area contributed by atoms with E-state index in [4.69, 9.17) is 0 Å². The molecule has 1 heteroatoms. The Morgan fingerprint density at radius 1 is 0.302 bits per heavy atom. The molecule has 0 spiro atoms. The Labute approximate surface area is 251 Å². The molecule has 0 bridgehead atoms. The van der Waals surface area contributed by atoms with Crippen molar-refractivity contribution in [1.29, 1.82) is 0 Å². The van der Waals surface area contributed by atoms with Crippen LogP contribution < -0.4 is 4.90 Å². The molecule has 0 amide bonds. The number of nitrogens with zero attached hydrogens (tertiary/aromatic N) is 1. The van der Waals surface area contributed by atoms with Crippen LogP contribution >= 0.6 is 0 Å². The average Bonchev–Trinajstić information content (AvgIpc) is 3.09. The summed E-state index contributed by atoms with van der Waals surface area (Å²) in [6.07, 6.45) is 0. The summed E-state index contributed by atoms with van der Waals surface area (Å²) in [7, 11) is 0. The molecule has 0 atom stereocenters. The summed E-state index contributed by atoms with van der Waals surface area (Å²) in [5, 5.41) is 7.58. The van der Waals surface area contributed by atoms with E-state index in [0.29, 0.717) is 0 Å². The van der Waals surface area contributed by atoms with Crippen LogP contribution in [0.1, 0.15) is 0 Å². The molecule has 0 aliphatic rings.